The molecule has 10 heteroatoms. The SMILES string of the molecule is CCN(CCC(=O)Nc1ccc(C(N)=O)cc1)C(=O)c1ccc(N2CCC(C)CC2)c([N+](=O)[O-])c1. The van der Waals surface area contributed by atoms with E-state index in [0.29, 0.717) is 29.4 Å². The fraction of sp³-hybridized carbons (Fsp3) is 0.400. The van der Waals surface area contributed by atoms with Gasteiger partial charge in [-0.1, -0.05) is 6.92 Å². The van der Waals surface area contributed by atoms with Gasteiger partial charge in [0.25, 0.3) is 11.6 Å². The quantitative estimate of drug-likeness (QED) is 0.416. The van der Waals surface area contributed by atoms with Crippen molar-refractivity contribution in [3.8, 4) is 0 Å². The Morgan fingerprint density at radius 1 is 1.11 bits per heavy atom. The Kier molecular flexibility index (Phi) is 8.40. The second kappa shape index (κ2) is 11.5. The first-order valence-electron chi connectivity index (χ1n) is 11.7. The highest BCUT2D eigenvalue weighted by molar-refractivity contribution is 5.97. The van der Waals surface area contributed by atoms with E-state index in [0.717, 1.165) is 25.9 Å². The summed E-state index contributed by atoms with van der Waals surface area (Å²) < 4.78 is 0. The predicted molar refractivity (Wildman–Crippen MR) is 133 cm³/mol. The molecule has 0 saturated carbocycles. The third-order valence-corrected chi connectivity index (χ3v) is 6.27. The molecule has 0 unspecified atom stereocenters. The zero-order valence-corrected chi connectivity index (χ0v) is 20.0. The van der Waals surface area contributed by atoms with Crippen LogP contribution in [0.25, 0.3) is 0 Å². The Morgan fingerprint density at radius 3 is 2.31 bits per heavy atom. The van der Waals surface area contributed by atoms with E-state index in [-0.39, 0.29) is 36.0 Å². The van der Waals surface area contributed by atoms with Crippen molar-refractivity contribution >= 4 is 34.8 Å². The summed E-state index contributed by atoms with van der Waals surface area (Å²) in [6, 6.07) is 10.8. The van der Waals surface area contributed by atoms with E-state index in [1.807, 2.05) is 4.90 Å². The maximum atomic E-state index is 13.1. The second-order valence-electron chi connectivity index (χ2n) is 8.75. The summed E-state index contributed by atoms with van der Waals surface area (Å²) >= 11 is 0. The van der Waals surface area contributed by atoms with Crippen molar-refractivity contribution in [2.75, 3.05) is 36.4 Å². The molecule has 1 aliphatic heterocycles. The summed E-state index contributed by atoms with van der Waals surface area (Å²) in [6.45, 7) is 5.95. The van der Waals surface area contributed by atoms with E-state index in [9.17, 15) is 24.5 Å². The van der Waals surface area contributed by atoms with Crippen molar-refractivity contribution in [2.24, 2.45) is 11.7 Å². The maximum Gasteiger partial charge on any atom is 0.293 e. The van der Waals surface area contributed by atoms with Crippen molar-refractivity contribution in [1.29, 1.82) is 0 Å². The summed E-state index contributed by atoms with van der Waals surface area (Å²) in [7, 11) is 0. The van der Waals surface area contributed by atoms with Crippen molar-refractivity contribution in [2.45, 2.75) is 33.1 Å². The van der Waals surface area contributed by atoms with Gasteiger partial charge in [-0.2, -0.15) is 0 Å². The molecule has 0 spiro atoms. The number of rotatable bonds is 9. The summed E-state index contributed by atoms with van der Waals surface area (Å²) in [6.07, 6.45) is 1.99. The number of hydrogen-bond donors (Lipinski definition) is 2. The van der Waals surface area contributed by atoms with E-state index >= 15 is 0 Å². The predicted octanol–water partition coefficient (Wildman–Crippen LogP) is 3.42. The van der Waals surface area contributed by atoms with Crippen LogP contribution in [-0.2, 0) is 4.79 Å². The topological polar surface area (TPSA) is 139 Å². The molecule has 3 rings (SSSR count). The van der Waals surface area contributed by atoms with Gasteiger partial charge in [0.05, 0.1) is 4.92 Å². The van der Waals surface area contributed by atoms with Gasteiger partial charge in [-0.05, 0) is 62.1 Å². The molecular weight excluding hydrogens is 450 g/mol. The van der Waals surface area contributed by atoms with Crippen molar-refractivity contribution < 1.29 is 19.3 Å². The maximum absolute atomic E-state index is 13.1. The molecule has 1 fully saturated rings. The van der Waals surface area contributed by atoms with Gasteiger partial charge in [0.1, 0.15) is 5.69 Å². The molecule has 0 aliphatic carbocycles. The van der Waals surface area contributed by atoms with Gasteiger partial charge in [-0.25, -0.2) is 0 Å². The highest BCUT2D eigenvalue weighted by atomic mass is 16.6. The zero-order valence-electron chi connectivity index (χ0n) is 20.0. The standard InChI is InChI=1S/C25H31N5O5/c1-3-28(15-12-23(31)27-20-7-4-18(5-8-20)24(26)32)25(33)19-6-9-21(22(16-19)30(34)35)29-13-10-17(2)11-14-29/h4-9,16-17H,3,10-15H2,1-2H3,(H2,26,32)(H,27,31). The van der Waals surface area contributed by atoms with Crippen LogP contribution < -0.4 is 16.0 Å². The first-order chi connectivity index (χ1) is 16.7. The van der Waals surface area contributed by atoms with Gasteiger partial charge in [0.15, 0.2) is 0 Å². The minimum absolute atomic E-state index is 0.0449. The fourth-order valence-electron chi connectivity index (χ4n) is 4.08. The third-order valence-electron chi connectivity index (χ3n) is 6.27. The van der Waals surface area contributed by atoms with E-state index in [1.54, 1.807) is 31.2 Å². The lowest BCUT2D eigenvalue weighted by Gasteiger charge is -2.31. The van der Waals surface area contributed by atoms with Gasteiger partial charge in [-0.15, -0.1) is 0 Å². The average Bonchev–Trinajstić information content (AvgIpc) is 2.84. The molecule has 0 atom stereocenters. The van der Waals surface area contributed by atoms with Crippen LogP contribution in [-0.4, -0.2) is 53.7 Å². The van der Waals surface area contributed by atoms with Gasteiger partial charge < -0.3 is 20.9 Å². The summed E-state index contributed by atoms with van der Waals surface area (Å²) in [5.41, 5.74) is 6.72. The number of carbonyl (C=O) groups is 3. The minimum Gasteiger partial charge on any atom is -0.366 e. The number of nitrogens with one attached hydrogen (secondary N) is 1. The third kappa shape index (κ3) is 6.56. The fourth-order valence-corrected chi connectivity index (χ4v) is 4.08. The number of anilines is 2. The van der Waals surface area contributed by atoms with E-state index in [1.165, 1.54) is 23.1 Å². The normalized spacial score (nSPS) is 13.8. The van der Waals surface area contributed by atoms with Gasteiger partial charge in [0, 0.05) is 55.5 Å². The van der Waals surface area contributed by atoms with Gasteiger partial charge >= 0.3 is 0 Å². The minimum atomic E-state index is -0.557. The summed E-state index contributed by atoms with van der Waals surface area (Å²) in [5.74, 6) is -0.633. The van der Waals surface area contributed by atoms with Gasteiger partial charge in [0.2, 0.25) is 11.8 Å². The lowest BCUT2D eigenvalue weighted by Crippen LogP contribution is -2.34. The number of amides is 3. The number of nitro groups is 1. The molecule has 2 aromatic carbocycles. The Hall–Kier alpha value is -3.95. The first kappa shape index (κ1) is 25.7. The molecule has 1 saturated heterocycles. The summed E-state index contributed by atoms with van der Waals surface area (Å²) in [5, 5.41) is 14.5. The van der Waals surface area contributed by atoms with Crippen LogP contribution in [0.3, 0.4) is 0 Å². The smallest absolute Gasteiger partial charge is 0.293 e. The van der Waals surface area contributed by atoms with Crippen LogP contribution in [0.15, 0.2) is 42.5 Å². The van der Waals surface area contributed by atoms with E-state index in [4.69, 9.17) is 5.73 Å². The number of nitrogens with zero attached hydrogens (tertiary/aromatic N) is 3. The van der Waals surface area contributed by atoms with Crippen molar-refractivity contribution in [1.82, 2.24) is 4.90 Å². The Bertz CT molecular complexity index is 1090. The molecule has 35 heavy (non-hydrogen) atoms. The molecule has 0 bridgehead atoms. The molecule has 2 aromatic rings. The average molecular weight is 482 g/mol. The van der Waals surface area contributed by atoms with Crippen LogP contribution in [0.2, 0.25) is 0 Å². The highest BCUT2D eigenvalue weighted by Crippen LogP contribution is 2.32. The number of carbonyl (C=O) groups excluding carboxylic acids is 3. The molecular formula is C25H31N5O5. The number of primary amides is 1. The monoisotopic (exact) mass is 481 g/mol. The number of piperidine rings is 1. The molecule has 10 nitrogen and oxygen atoms in total. The van der Waals surface area contributed by atoms with E-state index < -0.39 is 10.8 Å². The Morgan fingerprint density at radius 2 is 1.74 bits per heavy atom. The largest absolute Gasteiger partial charge is 0.366 e. The second-order valence-corrected chi connectivity index (χ2v) is 8.75. The zero-order chi connectivity index (χ0) is 25.5. The van der Waals surface area contributed by atoms with Crippen molar-refractivity contribution in [3.05, 3.63) is 63.7 Å². The molecule has 1 aliphatic rings. The molecule has 3 N–H and O–H groups in total. The van der Waals surface area contributed by atoms with Crippen LogP contribution in [0.4, 0.5) is 17.1 Å². The Labute approximate surface area is 204 Å². The first-order valence-corrected chi connectivity index (χ1v) is 11.7. The number of benzene rings is 2. The Balaban J connectivity index is 1.65. The molecule has 3 amide bonds. The highest BCUT2D eigenvalue weighted by Gasteiger charge is 2.26. The molecule has 0 radical (unpaired) electrons. The number of nitrogens with two attached hydrogens (primary N) is 1. The number of hydrogen-bond acceptors (Lipinski definition) is 6. The number of nitro benzene ring substituents is 1. The van der Waals surface area contributed by atoms with Crippen LogP contribution >= 0.6 is 0 Å². The van der Waals surface area contributed by atoms with Crippen LogP contribution in [0.5, 0.6) is 0 Å². The van der Waals surface area contributed by atoms with Crippen LogP contribution in [0.1, 0.15) is 53.8 Å². The van der Waals surface area contributed by atoms with Gasteiger partial charge in [-0.3, -0.25) is 24.5 Å². The van der Waals surface area contributed by atoms with Crippen molar-refractivity contribution in [3.63, 3.8) is 0 Å². The molecule has 186 valence electrons. The molecule has 0 aromatic heterocycles. The lowest BCUT2D eigenvalue weighted by molar-refractivity contribution is -0.384. The lowest BCUT2D eigenvalue weighted by atomic mass is 9.98. The van der Waals surface area contributed by atoms with E-state index in [2.05, 4.69) is 12.2 Å². The van der Waals surface area contributed by atoms with Crippen LogP contribution in [0, 0.1) is 16.0 Å². The summed E-state index contributed by atoms with van der Waals surface area (Å²) in [4.78, 5) is 51.4. The molecule has 1 heterocycles.